The highest BCUT2D eigenvalue weighted by Gasteiger charge is 2.15. The Balaban J connectivity index is 1.42. The number of hydrogen-bond donors (Lipinski definition) is 1. The highest BCUT2D eigenvalue weighted by molar-refractivity contribution is 5.96. The first-order chi connectivity index (χ1) is 15.9. The third-order valence-corrected chi connectivity index (χ3v) is 5.09. The molecule has 2 aromatic heterocycles. The molecule has 8 nitrogen and oxygen atoms in total. The first kappa shape index (κ1) is 21.9. The molecule has 168 valence electrons. The van der Waals surface area contributed by atoms with Crippen LogP contribution in [0.4, 0.5) is 0 Å². The Bertz CT molecular complexity index is 1370. The first-order valence-electron chi connectivity index (χ1n) is 10.2. The third-order valence-electron chi connectivity index (χ3n) is 5.09. The molecule has 0 spiro atoms. The summed E-state index contributed by atoms with van der Waals surface area (Å²) in [5.74, 6) is 0.166. The van der Waals surface area contributed by atoms with Gasteiger partial charge in [0.1, 0.15) is 28.4 Å². The fourth-order valence-corrected chi connectivity index (χ4v) is 3.17. The minimum absolute atomic E-state index is 0.138. The molecule has 0 aliphatic rings. The van der Waals surface area contributed by atoms with Crippen molar-refractivity contribution in [3.05, 3.63) is 93.7 Å². The van der Waals surface area contributed by atoms with Crippen LogP contribution in [0.1, 0.15) is 27.2 Å². The lowest BCUT2D eigenvalue weighted by Gasteiger charge is -2.10. The molecule has 0 atom stereocenters. The van der Waals surface area contributed by atoms with E-state index < -0.39 is 17.5 Å². The van der Waals surface area contributed by atoms with Crippen molar-refractivity contribution in [3.8, 4) is 11.5 Å². The lowest BCUT2D eigenvalue weighted by molar-refractivity contribution is -0.136. The Kier molecular flexibility index (Phi) is 6.26. The molecule has 0 saturated carbocycles. The molecular weight excluding hydrogens is 426 g/mol. The third kappa shape index (κ3) is 5.12. The number of aryl methyl sites for hydroxylation is 1. The summed E-state index contributed by atoms with van der Waals surface area (Å²) < 4.78 is 21.3. The maximum Gasteiger partial charge on any atom is 0.349 e. The van der Waals surface area contributed by atoms with Crippen LogP contribution in [-0.4, -0.2) is 18.5 Å². The minimum Gasteiger partial charge on any atom is -0.482 e. The molecule has 0 fully saturated rings. The molecule has 1 N–H and O–H groups in total. The van der Waals surface area contributed by atoms with Crippen molar-refractivity contribution in [3.63, 3.8) is 0 Å². The zero-order valence-corrected chi connectivity index (χ0v) is 18.0. The highest BCUT2D eigenvalue weighted by atomic mass is 16.6. The largest absolute Gasteiger partial charge is 0.482 e. The van der Waals surface area contributed by atoms with E-state index in [0.717, 1.165) is 11.1 Å². The van der Waals surface area contributed by atoms with Crippen LogP contribution >= 0.6 is 0 Å². The molecule has 0 radical (unpaired) electrons. The van der Waals surface area contributed by atoms with Gasteiger partial charge in [-0.15, -0.1) is 0 Å². The van der Waals surface area contributed by atoms with E-state index in [2.05, 4.69) is 5.32 Å². The van der Waals surface area contributed by atoms with E-state index >= 15 is 0 Å². The fourth-order valence-electron chi connectivity index (χ4n) is 3.17. The van der Waals surface area contributed by atoms with Crippen molar-refractivity contribution < 1.29 is 27.9 Å². The van der Waals surface area contributed by atoms with Gasteiger partial charge in [0.15, 0.2) is 6.61 Å². The van der Waals surface area contributed by atoms with E-state index in [1.165, 1.54) is 18.4 Å². The monoisotopic (exact) mass is 447 g/mol. The molecule has 33 heavy (non-hydrogen) atoms. The van der Waals surface area contributed by atoms with Crippen molar-refractivity contribution in [2.75, 3.05) is 6.61 Å². The number of hydrogen-bond acceptors (Lipinski definition) is 7. The Hall–Kier alpha value is -4.33. The van der Waals surface area contributed by atoms with Gasteiger partial charge >= 0.3 is 11.6 Å². The molecule has 4 aromatic rings. The van der Waals surface area contributed by atoms with E-state index in [1.807, 2.05) is 26.0 Å². The quantitative estimate of drug-likeness (QED) is 0.260. The topological polar surface area (TPSA) is 108 Å². The standard InChI is InChI=1S/C25H21NO7/c1-15-5-3-7-21(16(15)2)31-14-23(27)32-18-9-8-17-11-20(25(29)33-22(17)12-18)24(28)26-13-19-6-4-10-30-19/h3-12H,13-14H2,1-2H3,(H,26,28). The van der Waals surface area contributed by atoms with Crippen LogP contribution in [0.2, 0.25) is 0 Å². The molecule has 0 aliphatic heterocycles. The van der Waals surface area contributed by atoms with Crippen LogP contribution in [0.5, 0.6) is 11.5 Å². The average molecular weight is 447 g/mol. The smallest absolute Gasteiger partial charge is 0.349 e. The van der Waals surface area contributed by atoms with E-state index in [4.69, 9.17) is 18.3 Å². The van der Waals surface area contributed by atoms with Crippen molar-refractivity contribution in [2.45, 2.75) is 20.4 Å². The molecule has 0 aliphatic carbocycles. The molecule has 8 heteroatoms. The van der Waals surface area contributed by atoms with Crippen LogP contribution in [0.15, 0.2) is 74.5 Å². The van der Waals surface area contributed by atoms with Crippen LogP contribution in [0, 0.1) is 13.8 Å². The van der Waals surface area contributed by atoms with Crippen molar-refractivity contribution >= 4 is 22.8 Å². The Morgan fingerprint density at radius 1 is 1.03 bits per heavy atom. The second-order valence-electron chi connectivity index (χ2n) is 7.37. The number of furan rings is 1. The summed E-state index contributed by atoms with van der Waals surface area (Å²) in [6, 6.07) is 15.0. The number of nitrogens with one attached hydrogen (secondary N) is 1. The molecule has 0 saturated heterocycles. The Morgan fingerprint density at radius 3 is 2.67 bits per heavy atom. The number of carbonyl (C=O) groups is 2. The Morgan fingerprint density at radius 2 is 1.88 bits per heavy atom. The van der Waals surface area contributed by atoms with Crippen LogP contribution in [0.3, 0.4) is 0 Å². The number of amides is 1. The second kappa shape index (κ2) is 9.44. The van der Waals surface area contributed by atoms with Gasteiger partial charge in [-0.1, -0.05) is 12.1 Å². The molecule has 0 bridgehead atoms. The maximum absolute atomic E-state index is 12.4. The van der Waals surface area contributed by atoms with E-state index in [9.17, 15) is 14.4 Å². The predicted octanol–water partition coefficient (Wildman–Crippen LogP) is 3.92. The van der Waals surface area contributed by atoms with Gasteiger partial charge in [-0.2, -0.15) is 0 Å². The lowest BCUT2D eigenvalue weighted by Crippen LogP contribution is -2.27. The number of rotatable bonds is 7. The van der Waals surface area contributed by atoms with Gasteiger partial charge in [0, 0.05) is 11.5 Å². The molecule has 2 aromatic carbocycles. The number of fused-ring (bicyclic) bond motifs is 1. The average Bonchev–Trinajstić information content (AvgIpc) is 3.31. The molecular formula is C25H21NO7. The summed E-state index contributed by atoms with van der Waals surface area (Å²) in [5.41, 5.74) is 1.24. The van der Waals surface area contributed by atoms with Crippen LogP contribution in [0.25, 0.3) is 11.0 Å². The Labute approximate surface area is 188 Å². The summed E-state index contributed by atoms with van der Waals surface area (Å²) in [4.78, 5) is 36.9. The first-order valence-corrected chi connectivity index (χ1v) is 10.2. The van der Waals surface area contributed by atoms with E-state index in [1.54, 1.807) is 30.3 Å². The SMILES string of the molecule is Cc1cccc(OCC(=O)Oc2ccc3cc(C(=O)NCc4ccco4)c(=O)oc3c2)c1C. The molecule has 1 amide bonds. The lowest BCUT2D eigenvalue weighted by atomic mass is 10.1. The molecule has 2 heterocycles. The van der Waals surface area contributed by atoms with Crippen LogP contribution in [-0.2, 0) is 11.3 Å². The summed E-state index contributed by atoms with van der Waals surface area (Å²) in [6.45, 7) is 3.73. The van der Waals surface area contributed by atoms with Gasteiger partial charge in [-0.3, -0.25) is 4.79 Å². The van der Waals surface area contributed by atoms with E-state index in [-0.39, 0.29) is 30.0 Å². The van der Waals surface area contributed by atoms with Gasteiger partial charge < -0.3 is 23.6 Å². The van der Waals surface area contributed by atoms with E-state index in [0.29, 0.717) is 16.9 Å². The summed E-state index contributed by atoms with van der Waals surface area (Å²) in [6.07, 6.45) is 1.49. The van der Waals surface area contributed by atoms with Gasteiger partial charge in [-0.05, 0) is 61.4 Å². The summed E-state index contributed by atoms with van der Waals surface area (Å²) >= 11 is 0. The van der Waals surface area contributed by atoms with Gasteiger partial charge in [0.25, 0.3) is 5.91 Å². The number of benzene rings is 2. The van der Waals surface area contributed by atoms with Crippen molar-refractivity contribution in [1.29, 1.82) is 0 Å². The zero-order chi connectivity index (χ0) is 23.4. The number of carbonyl (C=O) groups excluding carboxylic acids is 2. The molecule has 0 unspecified atom stereocenters. The normalized spacial score (nSPS) is 10.7. The van der Waals surface area contributed by atoms with Crippen molar-refractivity contribution in [1.82, 2.24) is 5.32 Å². The number of ether oxygens (including phenoxy) is 2. The second-order valence-corrected chi connectivity index (χ2v) is 7.37. The summed E-state index contributed by atoms with van der Waals surface area (Å²) in [7, 11) is 0. The maximum atomic E-state index is 12.4. The van der Waals surface area contributed by atoms with Gasteiger partial charge in [0.05, 0.1) is 12.8 Å². The fraction of sp³-hybridized carbons (Fsp3) is 0.160. The minimum atomic E-state index is -0.804. The van der Waals surface area contributed by atoms with Crippen molar-refractivity contribution in [2.24, 2.45) is 0 Å². The molecule has 4 rings (SSSR count). The highest BCUT2D eigenvalue weighted by Crippen LogP contribution is 2.22. The van der Waals surface area contributed by atoms with Gasteiger partial charge in [-0.25, -0.2) is 9.59 Å². The van der Waals surface area contributed by atoms with Gasteiger partial charge in [0.2, 0.25) is 0 Å². The number of esters is 1. The zero-order valence-electron chi connectivity index (χ0n) is 18.0. The predicted molar refractivity (Wildman–Crippen MR) is 119 cm³/mol. The summed E-state index contributed by atoms with van der Waals surface area (Å²) in [5, 5.41) is 3.11. The van der Waals surface area contributed by atoms with Crippen LogP contribution < -0.4 is 20.4 Å².